The van der Waals surface area contributed by atoms with E-state index in [1.54, 1.807) is 35.0 Å². The molecule has 8 heteroatoms. The summed E-state index contributed by atoms with van der Waals surface area (Å²) in [6.45, 7) is 3.14. The van der Waals surface area contributed by atoms with Crippen molar-refractivity contribution in [3.05, 3.63) is 33.8 Å². The third-order valence-electron chi connectivity index (χ3n) is 4.01. The smallest absolute Gasteiger partial charge is 0.255 e. The van der Waals surface area contributed by atoms with Crippen LogP contribution in [0.1, 0.15) is 17.3 Å². The second kappa shape index (κ2) is 7.85. The SMILES string of the molecule is CC(=O)N(C)CC(=O)N1CCN(C(=O)c2cccc(Cl)c2Cl)CC1. The molecule has 1 aliphatic rings. The van der Waals surface area contributed by atoms with Gasteiger partial charge in [0, 0.05) is 40.2 Å². The van der Waals surface area contributed by atoms with Crippen molar-refractivity contribution in [3.8, 4) is 0 Å². The lowest BCUT2D eigenvalue weighted by Crippen LogP contribution is -2.52. The summed E-state index contributed by atoms with van der Waals surface area (Å²) >= 11 is 12.0. The Morgan fingerprint density at radius 2 is 1.67 bits per heavy atom. The van der Waals surface area contributed by atoms with Gasteiger partial charge in [0.1, 0.15) is 0 Å². The van der Waals surface area contributed by atoms with Gasteiger partial charge in [0.05, 0.1) is 22.2 Å². The minimum atomic E-state index is -0.199. The molecule has 1 saturated heterocycles. The van der Waals surface area contributed by atoms with Gasteiger partial charge < -0.3 is 14.7 Å². The lowest BCUT2D eigenvalue weighted by atomic mass is 10.1. The highest BCUT2D eigenvalue weighted by Gasteiger charge is 2.26. The van der Waals surface area contributed by atoms with Crippen molar-refractivity contribution in [2.75, 3.05) is 39.8 Å². The normalized spacial score (nSPS) is 14.5. The standard InChI is InChI=1S/C16H19Cl2N3O3/c1-11(22)19(2)10-14(23)20-6-8-21(9-7-20)16(24)12-4-3-5-13(17)15(12)18/h3-5H,6-10H2,1-2H3. The van der Waals surface area contributed by atoms with Gasteiger partial charge in [0.15, 0.2) is 0 Å². The van der Waals surface area contributed by atoms with Crippen molar-refractivity contribution in [2.24, 2.45) is 0 Å². The van der Waals surface area contributed by atoms with E-state index < -0.39 is 0 Å². The summed E-state index contributed by atoms with van der Waals surface area (Å²) in [6, 6.07) is 4.94. The van der Waals surface area contributed by atoms with Crippen molar-refractivity contribution in [1.82, 2.24) is 14.7 Å². The van der Waals surface area contributed by atoms with E-state index in [-0.39, 0.29) is 29.3 Å². The van der Waals surface area contributed by atoms with Gasteiger partial charge >= 0.3 is 0 Å². The van der Waals surface area contributed by atoms with Crippen LogP contribution in [0.2, 0.25) is 10.0 Å². The molecule has 1 aromatic rings. The van der Waals surface area contributed by atoms with E-state index in [9.17, 15) is 14.4 Å². The summed E-state index contributed by atoms with van der Waals surface area (Å²) in [4.78, 5) is 40.6. The van der Waals surface area contributed by atoms with E-state index in [1.165, 1.54) is 11.8 Å². The van der Waals surface area contributed by atoms with Crippen molar-refractivity contribution in [2.45, 2.75) is 6.92 Å². The molecule has 2 rings (SSSR count). The van der Waals surface area contributed by atoms with E-state index in [2.05, 4.69) is 0 Å². The number of hydrogen-bond donors (Lipinski definition) is 0. The molecule has 0 N–H and O–H groups in total. The van der Waals surface area contributed by atoms with Crippen LogP contribution >= 0.6 is 23.2 Å². The van der Waals surface area contributed by atoms with Crippen LogP contribution < -0.4 is 0 Å². The number of nitrogens with zero attached hydrogens (tertiary/aromatic N) is 3. The van der Waals surface area contributed by atoms with Crippen LogP contribution in [0, 0.1) is 0 Å². The molecule has 1 aliphatic heterocycles. The van der Waals surface area contributed by atoms with Crippen molar-refractivity contribution < 1.29 is 14.4 Å². The lowest BCUT2D eigenvalue weighted by Gasteiger charge is -2.35. The number of halogens is 2. The van der Waals surface area contributed by atoms with E-state index in [0.717, 1.165) is 0 Å². The minimum Gasteiger partial charge on any atom is -0.338 e. The van der Waals surface area contributed by atoms with Gasteiger partial charge in [-0.3, -0.25) is 14.4 Å². The van der Waals surface area contributed by atoms with E-state index in [0.29, 0.717) is 36.8 Å². The van der Waals surface area contributed by atoms with Gasteiger partial charge in [-0.1, -0.05) is 29.3 Å². The van der Waals surface area contributed by atoms with Crippen molar-refractivity contribution in [3.63, 3.8) is 0 Å². The van der Waals surface area contributed by atoms with Gasteiger partial charge in [0.2, 0.25) is 11.8 Å². The number of amides is 3. The zero-order valence-electron chi connectivity index (χ0n) is 13.6. The van der Waals surface area contributed by atoms with Crippen molar-refractivity contribution >= 4 is 40.9 Å². The van der Waals surface area contributed by atoms with E-state index in [1.807, 2.05) is 0 Å². The number of carbonyl (C=O) groups is 3. The number of hydrogen-bond acceptors (Lipinski definition) is 3. The first-order valence-electron chi connectivity index (χ1n) is 7.54. The topological polar surface area (TPSA) is 60.9 Å². The minimum absolute atomic E-state index is 0.0450. The zero-order chi connectivity index (χ0) is 17.9. The number of piperazine rings is 1. The summed E-state index contributed by atoms with van der Waals surface area (Å²) in [7, 11) is 1.58. The molecule has 0 unspecified atom stereocenters. The van der Waals surface area contributed by atoms with Crippen LogP contribution in [0.5, 0.6) is 0 Å². The Balaban J connectivity index is 1.95. The molecule has 0 spiro atoms. The Morgan fingerprint density at radius 1 is 1.08 bits per heavy atom. The van der Waals surface area contributed by atoms with Crippen molar-refractivity contribution in [1.29, 1.82) is 0 Å². The maximum atomic E-state index is 12.5. The Bertz CT molecular complexity index is 658. The lowest BCUT2D eigenvalue weighted by molar-refractivity contribution is -0.139. The van der Waals surface area contributed by atoms with Crippen LogP contribution in [0.3, 0.4) is 0 Å². The number of benzene rings is 1. The third-order valence-corrected chi connectivity index (χ3v) is 4.83. The van der Waals surface area contributed by atoms with Gasteiger partial charge in [-0.15, -0.1) is 0 Å². The average Bonchev–Trinajstić information content (AvgIpc) is 2.56. The first-order chi connectivity index (χ1) is 11.3. The predicted octanol–water partition coefficient (Wildman–Crippen LogP) is 1.76. The predicted molar refractivity (Wildman–Crippen MR) is 92.3 cm³/mol. The molecule has 130 valence electrons. The Hall–Kier alpha value is -1.79. The molecule has 1 aromatic carbocycles. The highest BCUT2D eigenvalue weighted by atomic mass is 35.5. The maximum Gasteiger partial charge on any atom is 0.255 e. The highest BCUT2D eigenvalue weighted by Crippen LogP contribution is 2.26. The summed E-state index contributed by atoms with van der Waals surface area (Å²) in [6.07, 6.45) is 0. The molecule has 1 fully saturated rings. The molecule has 0 aromatic heterocycles. The number of carbonyl (C=O) groups excluding carboxylic acids is 3. The van der Waals surface area contributed by atoms with E-state index >= 15 is 0 Å². The Morgan fingerprint density at radius 3 is 2.25 bits per heavy atom. The third kappa shape index (κ3) is 4.19. The van der Waals surface area contributed by atoms with Crippen LogP contribution in [0.25, 0.3) is 0 Å². The molecule has 0 saturated carbocycles. The van der Waals surface area contributed by atoms with E-state index in [4.69, 9.17) is 23.2 Å². The molecular weight excluding hydrogens is 353 g/mol. The summed E-state index contributed by atoms with van der Waals surface area (Å²) in [5.41, 5.74) is 0.361. The number of rotatable bonds is 3. The summed E-state index contributed by atoms with van der Waals surface area (Å²) in [5, 5.41) is 0.578. The quantitative estimate of drug-likeness (QED) is 0.813. The first kappa shape index (κ1) is 18.5. The molecular formula is C16H19Cl2N3O3. The summed E-state index contributed by atoms with van der Waals surface area (Å²) < 4.78 is 0. The molecule has 0 bridgehead atoms. The fourth-order valence-corrected chi connectivity index (χ4v) is 2.79. The largest absolute Gasteiger partial charge is 0.338 e. The molecule has 3 amide bonds. The average molecular weight is 372 g/mol. The van der Waals surface area contributed by atoms with Crippen LogP contribution in [0.4, 0.5) is 0 Å². The fourth-order valence-electron chi connectivity index (χ4n) is 2.41. The molecule has 24 heavy (non-hydrogen) atoms. The molecule has 0 atom stereocenters. The second-order valence-electron chi connectivity index (χ2n) is 5.65. The van der Waals surface area contributed by atoms with Gasteiger partial charge in [-0.25, -0.2) is 0 Å². The van der Waals surface area contributed by atoms with Gasteiger partial charge in [0.25, 0.3) is 5.91 Å². The van der Waals surface area contributed by atoms with Gasteiger partial charge in [-0.2, -0.15) is 0 Å². The van der Waals surface area contributed by atoms with Crippen LogP contribution in [-0.2, 0) is 9.59 Å². The van der Waals surface area contributed by atoms with Gasteiger partial charge in [-0.05, 0) is 12.1 Å². The van der Waals surface area contributed by atoms with Crippen LogP contribution in [0.15, 0.2) is 18.2 Å². The second-order valence-corrected chi connectivity index (χ2v) is 6.43. The Labute approximate surface area is 150 Å². The highest BCUT2D eigenvalue weighted by molar-refractivity contribution is 6.43. The monoisotopic (exact) mass is 371 g/mol. The Kier molecular flexibility index (Phi) is 6.07. The molecule has 1 heterocycles. The zero-order valence-corrected chi connectivity index (χ0v) is 15.1. The number of likely N-dealkylation sites (N-methyl/N-ethyl adjacent to an activating group) is 1. The molecule has 0 radical (unpaired) electrons. The fraction of sp³-hybridized carbons (Fsp3) is 0.438. The summed E-state index contributed by atoms with van der Waals surface area (Å²) in [5.74, 6) is -0.483. The maximum absolute atomic E-state index is 12.5. The van der Waals surface area contributed by atoms with Crippen LogP contribution in [-0.4, -0.2) is 72.2 Å². The molecule has 6 nitrogen and oxygen atoms in total. The first-order valence-corrected chi connectivity index (χ1v) is 8.29. The molecule has 0 aliphatic carbocycles.